The standard InChI is InChI=1S/C19H18N2O3S/c1-24-15-9-5-8-14(11-15)17-12-25-19(21-17)20-16(18(22)23)10-13-6-3-2-4-7-13/h2-9,11-12,16H,10H2,1H3,(H,20,21)(H,22,23)/t16-/m1/s1. The van der Waals surface area contributed by atoms with Crippen LogP contribution in [0.15, 0.2) is 60.0 Å². The lowest BCUT2D eigenvalue weighted by Gasteiger charge is -2.13. The molecule has 0 saturated carbocycles. The second-order valence-electron chi connectivity index (χ2n) is 5.49. The van der Waals surface area contributed by atoms with E-state index in [4.69, 9.17) is 4.74 Å². The third kappa shape index (κ3) is 4.36. The SMILES string of the molecule is COc1cccc(-c2csc(N[C@H](Cc3ccccc3)C(=O)O)n2)c1. The highest BCUT2D eigenvalue weighted by molar-refractivity contribution is 7.14. The van der Waals surface area contributed by atoms with Crippen LogP contribution in [0.3, 0.4) is 0 Å². The number of carbonyl (C=O) groups is 1. The van der Waals surface area contributed by atoms with Gasteiger partial charge in [-0.1, -0.05) is 42.5 Å². The van der Waals surface area contributed by atoms with Crippen molar-refractivity contribution in [3.63, 3.8) is 0 Å². The lowest BCUT2D eigenvalue weighted by Crippen LogP contribution is -2.31. The number of hydrogen-bond donors (Lipinski definition) is 2. The Bertz CT molecular complexity index is 849. The Hall–Kier alpha value is -2.86. The zero-order chi connectivity index (χ0) is 17.6. The van der Waals surface area contributed by atoms with Crippen LogP contribution in [0.2, 0.25) is 0 Å². The Morgan fingerprint density at radius 2 is 2.04 bits per heavy atom. The van der Waals surface area contributed by atoms with Crippen LogP contribution >= 0.6 is 11.3 Å². The molecule has 5 nitrogen and oxygen atoms in total. The first kappa shape index (κ1) is 17.0. The molecule has 3 aromatic rings. The number of anilines is 1. The molecule has 0 unspecified atom stereocenters. The van der Waals surface area contributed by atoms with Gasteiger partial charge < -0.3 is 15.2 Å². The molecule has 3 rings (SSSR count). The monoisotopic (exact) mass is 354 g/mol. The maximum absolute atomic E-state index is 11.6. The van der Waals surface area contributed by atoms with Gasteiger partial charge in [0.25, 0.3) is 0 Å². The number of benzene rings is 2. The van der Waals surface area contributed by atoms with Crippen LogP contribution in [0.5, 0.6) is 5.75 Å². The molecule has 1 heterocycles. The number of nitrogens with one attached hydrogen (secondary N) is 1. The minimum absolute atomic E-state index is 0.393. The highest BCUT2D eigenvalue weighted by atomic mass is 32.1. The summed E-state index contributed by atoms with van der Waals surface area (Å²) < 4.78 is 5.23. The summed E-state index contributed by atoms with van der Waals surface area (Å²) in [7, 11) is 1.62. The van der Waals surface area contributed by atoms with Gasteiger partial charge >= 0.3 is 5.97 Å². The average Bonchev–Trinajstić information content (AvgIpc) is 3.11. The lowest BCUT2D eigenvalue weighted by atomic mass is 10.1. The summed E-state index contributed by atoms with van der Waals surface area (Å²) in [5.41, 5.74) is 2.68. The predicted octanol–water partition coefficient (Wildman–Crippen LogP) is 3.93. The highest BCUT2D eigenvalue weighted by Gasteiger charge is 2.19. The number of aromatic nitrogens is 1. The summed E-state index contributed by atoms with van der Waals surface area (Å²) in [4.78, 5) is 16.1. The maximum Gasteiger partial charge on any atom is 0.326 e. The average molecular weight is 354 g/mol. The number of thiazole rings is 1. The molecule has 0 saturated heterocycles. The van der Waals surface area contributed by atoms with Crippen molar-refractivity contribution in [3.05, 3.63) is 65.5 Å². The van der Waals surface area contributed by atoms with Crippen molar-refractivity contribution < 1.29 is 14.6 Å². The molecule has 128 valence electrons. The minimum atomic E-state index is -0.901. The van der Waals surface area contributed by atoms with E-state index in [1.54, 1.807) is 7.11 Å². The second kappa shape index (κ2) is 7.81. The van der Waals surface area contributed by atoms with Crippen LogP contribution in [0, 0.1) is 0 Å². The number of methoxy groups -OCH3 is 1. The number of carboxylic acids is 1. The van der Waals surface area contributed by atoms with E-state index in [2.05, 4.69) is 10.3 Å². The van der Waals surface area contributed by atoms with Gasteiger partial charge in [-0.05, 0) is 17.7 Å². The molecule has 0 fully saturated rings. The minimum Gasteiger partial charge on any atom is -0.497 e. The van der Waals surface area contributed by atoms with Crippen LogP contribution in [0.1, 0.15) is 5.56 Å². The molecule has 0 radical (unpaired) electrons. The Morgan fingerprint density at radius 3 is 2.76 bits per heavy atom. The van der Waals surface area contributed by atoms with Crippen molar-refractivity contribution in [1.82, 2.24) is 4.98 Å². The van der Waals surface area contributed by atoms with Crippen molar-refractivity contribution in [1.29, 1.82) is 0 Å². The molecule has 0 aliphatic rings. The molecule has 0 aliphatic heterocycles. The van der Waals surface area contributed by atoms with E-state index in [9.17, 15) is 9.90 Å². The van der Waals surface area contributed by atoms with E-state index in [1.165, 1.54) is 11.3 Å². The van der Waals surface area contributed by atoms with Crippen LogP contribution in [0.4, 0.5) is 5.13 Å². The fourth-order valence-electron chi connectivity index (χ4n) is 2.45. The van der Waals surface area contributed by atoms with E-state index in [1.807, 2.05) is 60.0 Å². The van der Waals surface area contributed by atoms with Gasteiger partial charge in [-0.15, -0.1) is 11.3 Å². The molecular formula is C19H18N2O3S. The maximum atomic E-state index is 11.6. The Morgan fingerprint density at radius 1 is 1.24 bits per heavy atom. The van der Waals surface area contributed by atoms with Gasteiger partial charge in [-0.25, -0.2) is 9.78 Å². The summed E-state index contributed by atoms with van der Waals surface area (Å²) >= 11 is 1.39. The molecule has 25 heavy (non-hydrogen) atoms. The summed E-state index contributed by atoms with van der Waals surface area (Å²) in [6.45, 7) is 0. The number of hydrogen-bond acceptors (Lipinski definition) is 5. The number of rotatable bonds is 7. The number of carboxylic acid groups (broad SMARTS) is 1. The van der Waals surface area contributed by atoms with Gasteiger partial charge in [0.2, 0.25) is 0 Å². The third-order valence-corrected chi connectivity index (χ3v) is 4.52. The molecule has 1 aromatic heterocycles. The Kier molecular flexibility index (Phi) is 5.30. The molecule has 0 amide bonds. The summed E-state index contributed by atoms with van der Waals surface area (Å²) in [6, 6.07) is 16.4. The van der Waals surface area contributed by atoms with E-state index in [0.29, 0.717) is 11.6 Å². The fraction of sp³-hybridized carbons (Fsp3) is 0.158. The molecule has 0 aliphatic carbocycles. The predicted molar refractivity (Wildman–Crippen MR) is 99.3 cm³/mol. The first-order valence-corrected chi connectivity index (χ1v) is 8.67. The number of aliphatic carboxylic acids is 1. The largest absolute Gasteiger partial charge is 0.497 e. The normalized spacial score (nSPS) is 11.7. The first-order valence-electron chi connectivity index (χ1n) is 7.79. The van der Waals surface area contributed by atoms with Gasteiger partial charge in [0.15, 0.2) is 5.13 Å². The van der Waals surface area contributed by atoms with Crippen molar-refractivity contribution in [2.24, 2.45) is 0 Å². The van der Waals surface area contributed by atoms with E-state index in [-0.39, 0.29) is 0 Å². The molecule has 2 aromatic carbocycles. The van der Waals surface area contributed by atoms with Crippen molar-refractivity contribution in [3.8, 4) is 17.0 Å². The highest BCUT2D eigenvalue weighted by Crippen LogP contribution is 2.28. The van der Waals surface area contributed by atoms with Gasteiger partial charge in [0.05, 0.1) is 12.8 Å². The second-order valence-corrected chi connectivity index (χ2v) is 6.35. The zero-order valence-electron chi connectivity index (χ0n) is 13.7. The molecule has 1 atom stereocenters. The van der Waals surface area contributed by atoms with E-state index < -0.39 is 12.0 Å². The Labute approximate surface area is 149 Å². The quantitative estimate of drug-likeness (QED) is 0.673. The molecular weight excluding hydrogens is 336 g/mol. The molecule has 0 spiro atoms. The third-order valence-electron chi connectivity index (χ3n) is 3.75. The van der Waals surface area contributed by atoms with Crippen LogP contribution in [-0.2, 0) is 11.2 Å². The lowest BCUT2D eigenvalue weighted by molar-refractivity contribution is -0.137. The number of nitrogens with zero attached hydrogens (tertiary/aromatic N) is 1. The van der Waals surface area contributed by atoms with E-state index in [0.717, 1.165) is 22.6 Å². The topological polar surface area (TPSA) is 71.5 Å². The summed E-state index contributed by atoms with van der Waals surface area (Å²) in [5, 5.41) is 15.0. The molecule has 0 bridgehead atoms. The van der Waals surface area contributed by atoms with Gasteiger partial charge in [0, 0.05) is 17.4 Å². The first-order chi connectivity index (χ1) is 12.2. The Balaban J connectivity index is 1.75. The summed E-state index contributed by atoms with van der Waals surface area (Å²) in [5.74, 6) is -0.144. The molecule has 6 heteroatoms. The van der Waals surface area contributed by atoms with Crippen molar-refractivity contribution in [2.45, 2.75) is 12.5 Å². The zero-order valence-corrected chi connectivity index (χ0v) is 14.5. The van der Waals surface area contributed by atoms with Crippen LogP contribution in [0.25, 0.3) is 11.3 Å². The smallest absolute Gasteiger partial charge is 0.326 e. The van der Waals surface area contributed by atoms with Crippen molar-refractivity contribution >= 4 is 22.4 Å². The van der Waals surface area contributed by atoms with Gasteiger partial charge in [-0.2, -0.15) is 0 Å². The fourth-order valence-corrected chi connectivity index (χ4v) is 3.23. The van der Waals surface area contributed by atoms with Gasteiger partial charge in [-0.3, -0.25) is 0 Å². The van der Waals surface area contributed by atoms with Crippen molar-refractivity contribution in [2.75, 3.05) is 12.4 Å². The van der Waals surface area contributed by atoms with Crippen LogP contribution in [-0.4, -0.2) is 29.2 Å². The molecule has 2 N–H and O–H groups in total. The summed E-state index contributed by atoms with van der Waals surface area (Å²) in [6.07, 6.45) is 0.393. The van der Waals surface area contributed by atoms with E-state index >= 15 is 0 Å². The van der Waals surface area contributed by atoms with Crippen LogP contribution < -0.4 is 10.1 Å². The van der Waals surface area contributed by atoms with Gasteiger partial charge in [0.1, 0.15) is 11.8 Å². The number of ether oxygens (including phenoxy) is 1.